The second-order valence-corrected chi connectivity index (χ2v) is 6.60. The summed E-state index contributed by atoms with van der Waals surface area (Å²) in [6.07, 6.45) is 0. The molecule has 2 N–H and O–H groups in total. The summed E-state index contributed by atoms with van der Waals surface area (Å²) in [5, 5.41) is 3.38. The first-order chi connectivity index (χ1) is 11.7. The number of carbonyl (C=O) groups is 1. The average Bonchev–Trinajstić information content (AvgIpc) is 2.99. The van der Waals surface area contributed by atoms with Gasteiger partial charge in [-0.25, -0.2) is 4.98 Å². The van der Waals surface area contributed by atoms with E-state index in [4.69, 9.17) is 4.74 Å². The van der Waals surface area contributed by atoms with Gasteiger partial charge in [0.25, 0.3) is 0 Å². The molecule has 0 saturated carbocycles. The number of fused-ring (bicyclic) bond motifs is 1. The molecule has 3 rings (SSSR count). The molecule has 0 radical (unpaired) electrons. The molecule has 5 nitrogen and oxygen atoms in total. The van der Waals surface area contributed by atoms with Crippen molar-refractivity contribution in [2.75, 3.05) is 11.9 Å². The highest BCUT2D eigenvalue weighted by Gasteiger charge is 2.16. The lowest BCUT2D eigenvalue weighted by Crippen LogP contribution is -2.22. The van der Waals surface area contributed by atoms with Crippen LogP contribution in [0.1, 0.15) is 13.8 Å². The van der Waals surface area contributed by atoms with E-state index in [2.05, 4.69) is 15.3 Å². The lowest BCUT2D eigenvalue weighted by molar-refractivity contribution is -0.115. The number of anilines is 1. The van der Waals surface area contributed by atoms with Gasteiger partial charge in [-0.1, -0.05) is 23.9 Å². The smallest absolute Gasteiger partial charge is 0.237 e. The van der Waals surface area contributed by atoms with Crippen molar-refractivity contribution in [2.24, 2.45) is 0 Å². The zero-order valence-corrected chi connectivity index (χ0v) is 14.4. The van der Waals surface area contributed by atoms with Crippen LogP contribution in [0.5, 0.6) is 5.75 Å². The van der Waals surface area contributed by atoms with Crippen molar-refractivity contribution < 1.29 is 9.53 Å². The SMILES string of the molecule is CCOc1ccc(NC(=O)C(C)Sc2nc3ccccc3[nH]2)cc1. The Bertz CT molecular complexity index is 797. The van der Waals surface area contributed by atoms with Crippen LogP contribution in [0.15, 0.2) is 53.7 Å². The minimum atomic E-state index is -0.267. The van der Waals surface area contributed by atoms with E-state index in [1.807, 2.05) is 62.4 Å². The van der Waals surface area contributed by atoms with E-state index in [1.54, 1.807) is 0 Å². The summed E-state index contributed by atoms with van der Waals surface area (Å²) in [4.78, 5) is 20.0. The Morgan fingerprint density at radius 2 is 2.00 bits per heavy atom. The molecule has 0 saturated heterocycles. The number of ether oxygens (including phenoxy) is 1. The largest absolute Gasteiger partial charge is 0.494 e. The molecule has 1 amide bonds. The monoisotopic (exact) mass is 341 g/mol. The number of aromatic nitrogens is 2. The Hall–Kier alpha value is -2.47. The van der Waals surface area contributed by atoms with E-state index in [9.17, 15) is 4.79 Å². The molecule has 0 spiro atoms. The second kappa shape index (κ2) is 7.40. The van der Waals surface area contributed by atoms with Gasteiger partial charge in [0.2, 0.25) is 5.91 Å². The number of imidazole rings is 1. The number of amides is 1. The Morgan fingerprint density at radius 3 is 2.71 bits per heavy atom. The third-order valence-electron chi connectivity index (χ3n) is 3.46. The lowest BCUT2D eigenvalue weighted by atomic mass is 10.3. The molecule has 1 atom stereocenters. The van der Waals surface area contributed by atoms with Gasteiger partial charge in [-0.3, -0.25) is 4.79 Å². The van der Waals surface area contributed by atoms with Crippen LogP contribution in [-0.4, -0.2) is 27.7 Å². The van der Waals surface area contributed by atoms with Gasteiger partial charge >= 0.3 is 0 Å². The predicted molar refractivity (Wildman–Crippen MR) is 97.7 cm³/mol. The van der Waals surface area contributed by atoms with Crippen molar-refractivity contribution in [3.8, 4) is 5.75 Å². The van der Waals surface area contributed by atoms with Gasteiger partial charge in [0, 0.05) is 5.69 Å². The number of thioether (sulfide) groups is 1. The molecular weight excluding hydrogens is 322 g/mol. The predicted octanol–water partition coefficient (Wildman–Crippen LogP) is 4.08. The van der Waals surface area contributed by atoms with E-state index in [0.29, 0.717) is 6.61 Å². The van der Waals surface area contributed by atoms with Gasteiger partial charge in [0.15, 0.2) is 5.16 Å². The average molecular weight is 341 g/mol. The number of rotatable bonds is 6. The van der Waals surface area contributed by atoms with Crippen LogP contribution < -0.4 is 10.1 Å². The molecule has 0 aliphatic rings. The van der Waals surface area contributed by atoms with Crippen molar-refractivity contribution in [1.29, 1.82) is 0 Å². The summed E-state index contributed by atoms with van der Waals surface area (Å²) in [5.41, 5.74) is 2.62. The highest BCUT2D eigenvalue weighted by Crippen LogP contribution is 2.24. The lowest BCUT2D eigenvalue weighted by Gasteiger charge is -2.11. The third kappa shape index (κ3) is 3.89. The number of hydrogen-bond acceptors (Lipinski definition) is 4. The number of nitrogens with zero attached hydrogens (tertiary/aromatic N) is 1. The fourth-order valence-electron chi connectivity index (χ4n) is 2.25. The van der Waals surface area contributed by atoms with Gasteiger partial charge in [-0.2, -0.15) is 0 Å². The molecule has 6 heteroatoms. The molecule has 0 aliphatic heterocycles. The van der Waals surface area contributed by atoms with Crippen molar-refractivity contribution in [3.05, 3.63) is 48.5 Å². The standard InChI is InChI=1S/C18H19N3O2S/c1-3-23-14-10-8-13(9-11-14)19-17(22)12(2)24-18-20-15-6-4-5-7-16(15)21-18/h4-12H,3H2,1-2H3,(H,19,22)(H,20,21). The van der Waals surface area contributed by atoms with Crippen molar-refractivity contribution >= 4 is 34.4 Å². The number of hydrogen-bond donors (Lipinski definition) is 2. The molecular formula is C18H19N3O2S. The fraction of sp³-hybridized carbons (Fsp3) is 0.222. The first kappa shape index (κ1) is 16.4. The number of nitrogens with one attached hydrogen (secondary N) is 2. The number of benzene rings is 2. The van der Waals surface area contributed by atoms with Gasteiger partial charge in [0.05, 0.1) is 22.9 Å². The van der Waals surface area contributed by atoms with Gasteiger partial charge in [-0.05, 0) is 50.2 Å². The molecule has 1 unspecified atom stereocenters. The van der Waals surface area contributed by atoms with Crippen LogP contribution in [-0.2, 0) is 4.79 Å². The summed E-state index contributed by atoms with van der Waals surface area (Å²) in [6, 6.07) is 15.2. The van der Waals surface area contributed by atoms with Crippen LogP contribution in [0.25, 0.3) is 11.0 Å². The van der Waals surface area contributed by atoms with Crippen molar-refractivity contribution in [2.45, 2.75) is 24.3 Å². The Kier molecular flexibility index (Phi) is 5.05. The van der Waals surface area contributed by atoms with Crippen LogP contribution in [0.4, 0.5) is 5.69 Å². The topological polar surface area (TPSA) is 67.0 Å². The molecule has 0 fully saturated rings. The van der Waals surface area contributed by atoms with Crippen LogP contribution in [0.3, 0.4) is 0 Å². The van der Waals surface area contributed by atoms with E-state index < -0.39 is 0 Å². The quantitative estimate of drug-likeness (QED) is 0.663. The summed E-state index contributed by atoms with van der Waals surface area (Å²) < 4.78 is 5.39. The maximum atomic E-state index is 12.3. The molecule has 1 heterocycles. The highest BCUT2D eigenvalue weighted by atomic mass is 32.2. The molecule has 2 aromatic carbocycles. The maximum absolute atomic E-state index is 12.3. The van der Waals surface area contributed by atoms with E-state index in [1.165, 1.54) is 11.8 Å². The number of H-pyrrole nitrogens is 1. The van der Waals surface area contributed by atoms with Crippen LogP contribution >= 0.6 is 11.8 Å². The number of aromatic amines is 1. The highest BCUT2D eigenvalue weighted by molar-refractivity contribution is 8.00. The summed E-state index contributed by atoms with van der Waals surface area (Å²) in [6.45, 7) is 4.42. The Balaban J connectivity index is 1.61. The Labute approximate surface area is 144 Å². The molecule has 0 aliphatic carbocycles. The third-order valence-corrected chi connectivity index (χ3v) is 4.44. The normalized spacial score (nSPS) is 12.1. The molecule has 124 valence electrons. The summed E-state index contributed by atoms with van der Waals surface area (Å²) in [7, 11) is 0. The van der Waals surface area contributed by atoms with E-state index >= 15 is 0 Å². The van der Waals surface area contributed by atoms with Crippen LogP contribution in [0, 0.1) is 0 Å². The van der Waals surface area contributed by atoms with E-state index in [0.717, 1.165) is 27.6 Å². The molecule has 1 aromatic heterocycles. The first-order valence-corrected chi connectivity index (χ1v) is 8.69. The minimum absolute atomic E-state index is 0.0652. The van der Waals surface area contributed by atoms with Crippen molar-refractivity contribution in [1.82, 2.24) is 9.97 Å². The summed E-state index contributed by atoms with van der Waals surface area (Å²) >= 11 is 1.40. The second-order valence-electron chi connectivity index (χ2n) is 5.27. The molecule has 3 aromatic rings. The zero-order chi connectivity index (χ0) is 16.9. The molecule has 24 heavy (non-hydrogen) atoms. The fourth-order valence-corrected chi connectivity index (χ4v) is 3.07. The Morgan fingerprint density at radius 1 is 1.25 bits per heavy atom. The number of para-hydroxylation sites is 2. The van der Waals surface area contributed by atoms with Crippen molar-refractivity contribution in [3.63, 3.8) is 0 Å². The van der Waals surface area contributed by atoms with Gasteiger partial charge in [0.1, 0.15) is 5.75 Å². The first-order valence-electron chi connectivity index (χ1n) is 7.81. The number of carbonyl (C=O) groups excluding carboxylic acids is 1. The van der Waals surface area contributed by atoms with Gasteiger partial charge in [-0.15, -0.1) is 0 Å². The molecule has 0 bridgehead atoms. The van der Waals surface area contributed by atoms with Gasteiger partial charge < -0.3 is 15.0 Å². The van der Waals surface area contributed by atoms with E-state index in [-0.39, 0.29) is 11.2 Å². The minimum Gasteiger partial charge on any atom is -0.494 e. The van der Waals surface area contributed by atoms with Crippen LogP contribution in [0.2, 0.25) is 0 Å². The zero-order valence-electron chi connectivity index (χ0n) is 13.6. The summed E-state index contributed by atoms with van der Waals surface area (Å²) in [5.74, 6) is 0.727. The maximum Gasteiger partial charge on any atom is 0.237 e.